The lowest BCUT2D eigenvalue weighted by molar-refractivity contribution is 0.226. The number of hydrogen-bond acceptors (Lipinski definition) is 0. The van der Waals surface area contributed by atoms with Gasteiger partial charge in [-0.2, -0.15) is 0 Å². The first-order chi connectivity index (χ1) is 19.6. The van der Waals surface area contributed by atoms with Crippen molar-refractivity contribution in [1.29, 1.82) is 0 Å². The summed E-state index contributed by atoms with van der Waals surface area (Å²) >= 11 is 0. The lowest BCUT2D eigenvalue weighted by atomic mass is 9.70. The molecule has 0 saturated heterocycles. The molecule has 0 aliphatic heterocycles. The van der Waals surface area contributed by atoms with Crippen LogP contribution in [0, 0.1) is 41.4 Å². The molecule has 0 N–H and O–H groups in total. The van der Waals surface area contributed by atoms with Crippen molar-refractivity contribution in [2.75, 3.05) is 0 Å². The minimum absolute atomic E-state index is 0.243. The van der Waals surface area contributed by atoms with Gasteiger partial charge in [0.2, 0.25) is 0 Å². The fraction of sp³-hybridized carbons (Fsp3) is 0.700. The van der Waals surface area contributed by atoms with E-state index in [9.17, 15) is 0 Å². The summed E-state index contributed by atoms with van der Waals surface area (Å²) in [5.74, 6) is 8.55. The van der Waals surface area contributed by atoms with Gasteiger partial charge in [-0.3, -0.25) is 0 Å². The van der Waals surface area contributed by atoms with Crippen LogP contribution in [-0.2, 0) is 5.41 Å². The van der Waals surface area contributed by atoms with E-state index in [2.05, 4.69) is 95.4 Å². The quantitative estimate of drug-likeness (QED) is 0.316. The topological polar surface area (TPSA) is 0 Å². The van der Waals surface area contributed by atoms with Gasteiger partial charge in [0.05, 0.1) is 8.07 Å². The van der Waals surface area contributed by atoms with Crippen molar-refractivity contribution in [3.05, 3.63) is 71.3 Å². The highest BCUT2D eigenvalue weighted by Gasteiger charge is 2.62. The summed E-state index contributed by atoms with van der Waals surface area (Å²) in [5.41, 5.74) is 7.17. The first-order valence-electron chi connectivity index (χ1n) is 17.8. The van der Waals surface area contributed by atoms with Crippen molar-refractivity contribution in [3.63, 3.8) is 0 Å². The van der Waals surface area contributed by atoms with Gasteiger partial charge in [-0.25, -0.2) is 0 Å². The van der Waals surface area contributed by atoms with Crippen LogP contribution in [0.4, 0.5) is 0 Å². The first-order valence-corrected chi connectivity index (χ1v) is 21.0. The summed E-state index contributed by atoms with van der Waals surface area (Å²) < 4.78 is 0. The second-order valence-corrected chi connectivity index (χ2v) is 22.3. The number of rotatable bonds is 5. The normalized spacial score (nSPS) is 39.4. The molecule has 5 saturated carbocycles. The van der Waals surface area contributed by atoms with Gasteiger partial charge in [0.15, 0.2) is 0 Å². The molecule has 0 amide bonds. The van der Waals surface area contributed by atoms with E-state index in [1.807, 2.05) is 0 Å². The van der Waals surface area contributed by atoms with Crippen molar-refractivity contribution in [1.82, 2.24) is 0 Å². The summed E-state index contributed by atoms with van der Waals surface area (Å²) in [7, 11) is -1.50. The van der Waals surface area contributed by atoms with Crippen molar-refractivity contribution in [2.24, 2.45) is 41.4 Å². The Morgan fingerprint density at radius 2 is 1.15 bits per heavy atom. The maximum Gasteiger partial charge on any atom is 0.0547 e. The standard InChI is InChI=1S/C40H58Si/c1-26-24-36-31(27-12-8-7-9-13-27)14-10-16-33(36)38(26)41(5,6)39-34-17-11-15-32(37(34)25-35(39)29-18-19-29)28-20-22-30(23-21-28)40(2,3)4/h7-9,12-13,20-23,26,29,31-39H,10-11,14-19,24-25H2,1-6H3. The third-order valence-electron chi connectivity index (χ3n) is 13.8. The second-order valence-electron chi connectivity index (χ2n) is 17.3. The van der Waals surface area contributed by atoms with Crippen LogP contribution in [0.5, 0.6) is 0 Å². The zero-order valence-electron chi connectivity index (χ0n) is 27.1. The largest absolute Gasteiger partial charge is 0.0689 e. The van der Waals surface area contributed by atoms with Gasteiger partial charge in [0.25, 0.3) is 0 Å². The monoisotopic (exact) mass is 566 g/mol. The third-order valence-corrected chi connectivity index (χ3v) is 19.1. The highest BCUT2D eigenvalue weighted by Crippen LogP contribution is 2.69. The number of fused-ring (bicyclic) bond motifs is 2. The fourth-order valence-corrected chi connectivity index (χ4v) is 18.9. The van der Waals surface area contributed by atoms with E-state index >= 15 is 0 Å². The summed E-state index contributed by atoms with van der Waals surface area (Å²) in [6, 6.07) is 21.7. The van der Waals surface area contributed by atoms with Crippen molar-refractivity contribution in [3.8, 4) is 0 Å². The van der Waals surface area contributed by atoms with E-state index in [1.165, 1.54) is 50.5 Å². The van der Waals surface area contributed by atoms with E-state index in [4.69, 9.17) is 0 Å². The average molecular weight is 567 g/mol. The molecule has 0 heterocycles. The van der Waals surface area contributed by atoms with Crippen LogP contribution in [0.2, 0.25) is 24.2 Å². The van der Waals surface area contributed by atoms with Crippen LogP contribution >= 0.6 is 0 Å². The molecule has 7 rings (SSSR count). The minimum atomic E-state index is -1.50. The predicted octanol–water partition coefficient (Wildman–Crippen LogP) is 11.6. The molecule has 2 aromatic carbocycles. The van der Waals surface area contributed by atoms with Gasteiger partial charge in [-0.15, -0.1) is 0 Å². The Morgan fingerprint density at radius 1 is 0.585 bits per heavy atom. The van der Waals surface area contributed by atoms with Crippen LogP contribution in [-0.4, -0.2) is 8.07 Å². The van der Waals surface area contributed by atoms with Gasteiger partial charge in [-0.1, -0.05) is 121 Å². The molecule has 5 aliphatic rings. The molecule has 2 aromatic rings. The number of hydrogen-bond donors (Lipinski definition) is 0. The van der Waals surface area contributed by atoms with Gasteiger partial charge in [0.1, 0.15) is 0 Å². The summed E-state index contributed by atoms with van der Waals surface area (Å²) in [5, 5.41) is 0. The predicted molar refractivity (Wildman–Crippen MR) is 178 cm³/mol. The first kappa shape index (κ1) is 28.4. The van der Waals surface area contributed by atoms with Gasteiger partial charge in [-0.05, 0) is 125 Å². The lowest BCUT2D eigenvalue weighted by Gasteiger charge is -2.49. The van der Waals surface area contributed by atoms with Crippen molar-refractivity contribution >= 4 is 8.07 Å². The van der Waals surface area contributed by atoms with Crippen molar-refractivity contribution in [2.45, 2.75) is 133 Å². The fourth-order valence-electron chi connectivity index (χ4n) is 12.3. The molecule has 10 unspecified atom stereocenters. The highest BCUT2D eigenvalue weighted by atomic mass is 28.3. The van der Waals surface area contributed by atoms with Gasteiger partial charge < -0.3 is 0 Å². The number of benzene rings is 2. The second kappa shape index (κ2) is 10.7. The van der Waals surface area contributed by atoms with E-state index in [0.717, 1.165) is 64.3 Å². The van der Waals surface area contributed by atoms with Crippen LogP contribution in [0.3, 0.4) is 0 Å². The summed E-state index contributed by atoms with van der Waals surface area (Å²) in [6.07, 6.45) is 15.0. The molecule has 0 nitrogen and oxygen atoms in total. The summed E-state index contributed by atoms with van der Waals surface area (Å²) in [6.45, 7) is 15.7. The Hall–Kier alpha value is -1.34. The maximum atomic E-state index is 2.94. The molecule has 41 heavy (non-hydrogen) atoms. The molecule has 0 radical (unpaired) electrons. The van der Waals surface area contributed by atoms with Gasteiger partial charge in [0, 0.05) is 0 Å². The molecule has 5 aliphatic carbocycles. The zero-order chi connectivity index (χ0) is 28.5. The van der Waals surface area contributed by atoms with Crippen LogP contribution in [0.1, 0.15) is 120 Å². The maximum absolute atomic E-state index is 2.94. The Morgan fingerprint density at radius 3 is 1.73 bits per heavy atom. The molecule has 1 heteroatoms. The summed E-state index contributed by atoms with van der Waals surface area (Å²) in [4.78, 5) is 0. The molecule has 5 fully saturated rings. The highest BCUT2D eigenvalue weighted by molar-refractivity contribution is 6.80. The zero-order valence-corrected chi connectivity index (χ0v) is 28.1. The Bertz CT molecular complexity index is 1180. The molecule has 0 aromatic heterocycles. The molecule has 0 spiro atoms. The smallest absolute Gasteiger partial charge is 0.0547 e. The Labute approximate surface area is 253 Å². The molecule has 10 atom stereocenters. The SMILES string of the molecule is CC1CC2C(c3ccccc3)CCCC2C1[Si](C)(C)C1C(C2CC2)CC2C(c3ccc(C(C)(C)C)cc3)CCCC21. The third kappa shape index (κ3) is 5.03. The molecular formula is C40H58Si. The molecule has 222 valence electrons. The average Bonchev–Trinajstić information content (AvgIpc) is 3.63. The van der Waals surface area contributed by atoms with E-state index in [-0.39, 0.29) is 5.41 Å². The van der Waals surface area contributed by atoms with Crippen LogP contribution in [0.15, 0.2) is 54.6 Å². The molecular weight excluding hydrogens is 509 g/mol. The lowest BCUT2D eigenvalue weighted by Crippen LogP contribution is -2.47. The minimum Gasteiger partial charge on any atom is -0.0689 e. The van der Waals surface area contributed by atoms with E-state index < -0.39 is 8.07 Å². The van der Waals surface area contributed by atoms with Gasteiger partial charge >= 0.3 is 0 Å². The van der Waals surface area contributed by atoms with Crippen LogP contribution in [0.25, 0.3) is 0 Å². The van der Waals surface area contributed by atoms with Crippen molar-refractivity contribution < 1.29 is 0 Å². The van der Waals surface area contributed by atoms with Crippen LogP contribution < -0.4 is 0 Å². The Balaban J connectivity index is 1.18. The van der Waals surface area contributed by atoms with E-state index in [0.29, 0.717) is 0 Å². The van der Waals surface area contributed by atoms with E-state index in [1.54, 1.807) is 30.4 Å². The molecule has 0 bridgehead atoms. The Kier molecular flexibility index (Phi) is 7.40.